The lowest BCUT2D eigenvalue weighted by atomic mass is 10.0. The van der Waals surface area contributed by atoms with Crippen LogP contribution in [0.3, 0.4) is 0 Å². The standard InChI is InChI=1S/C28H33ClN4O/c1-5-20-6-7-21(25(29)17-20)8-11-28(34)30-22-9-10-26-24(18-22)19(2)16-27(31-26)33-14-12-23(13-15-33)32(3)4/h6-11,16-18,23H,5,12-15H2,1-4H3,(H,30,34). The Bertz CT molecular complexity index is 1210. The number of aryl methyl sites for hydroxylation is 2. The third-order valence-corrected chi connectivity index (χ3v) is 7.00. The summed E-state index contributed by atoms with van der Waals surface area (Å²) in [7, 11) is 4.31. The molecule has 0 unspecified atom stereocenters. The van der Waals surface area contributed by atoms with Crippen molar-refractivity contribution >= 4 is 46.0 Å². The van der Waals surface area contributed by atoms with Crippen molar-refractivity contribution in [3.63, 3.8) is 0 Å². The molecule has 0 atom stereocenters. The fourth-order valence-electron chi connectivity index (χ4n) is 4.50. The summed E-state index contributed by atoms with van der Waals surface area (Å²) in [6.45, 7) is 6.23. The Morgan fingerprint density at radius 1 is 1.18 bits per heavy atom. The van der Waals surface area contributed by atoms with E-state index in [1.165, 1.54) is 11.6 Å². The van der Waals surface area contributed by atoms with E-state index in [4.69, 9.17) is 16.6 Å². The maximum absolute atomic E-state index is 12.5. The lowest BCUT2D eigenvalue weighted by Crippen LogP contribution is -2.42. The van der Waals surface area contributed by atoms with Gasteiger partial charge in [0.05, 0.1) is 5.52 Å². The van der Waals surface area contributed by atoms with Gasteiger partial charge in [0.1, 0.15) is 5.82 Å². The van der Waals surface area contributed by atoms with Gasteiger partial charge in [0.2, 0.25) is 5.91 Å². The van der Waals surface area contributed by atoms with E-state index in [2.05, 4.69) is 49.1 Å². The summed E-state index contributed by atoms with van der Waals surface area (Å²) in [5, 5.41) is 4.65. The van der Waals surface area contributed by atoms with Gasteiger partial charge in [0.25, 0.3) is 0 Å². The second-order valence-electron chi connectivity index (χ2n) is 9.24. The van der Waals surface area contributed by atoms with E-state index in [9.17, 15) is 4.79 Å². The van der Waals surface area contributed by atoms with Crippen LogP contribution in [0, 0.1) is 6.92 Å². The number of carbonyl (C=O) groups excluding carboxylic acids is 1. The lowest BCUT2D eigenvalue weighted by Gasteiger charge is -2.36. The summed E-state index contributed by atoms with van der Waals surface area (Å²) in [5.74, 6) is 0.842. The number of aromatic nitrogens is 1. The quantitative estimate of drug-likeness (QED) is 0.447. The molecule has 2 heterocycles. The van der Waals surface area contributed by atoms with Gasteiger partial charge in [-0.3, -0.25) is 4.79 Å². The molecule has 3 aromatic rings. The number of nitrogens with one attached hydrogen (secondary N) is 1. The highest BCUT2D eigenvalue weighted by Crippen LogP contribution is 2.27. The monoisotopic (exact) mass is 476 g/mol. The number of hydrogen-bond acceptors (Lipinski definition) is 4. The summed E-state index contributed by atoms with van der Waals surface area (Å²) in [6, 6.07) is 14.6. The minimum Gasteiger partial charge on any atom is -0.356 e. The Morgan fingerprint density at radius 3 is 2.62 bits per heavy atom. The van der Waals surface area contributed by atoms with Crippen LogP contribution in [0.4, 0.5) is 11.5 Å². The van der Waals surface area contributed by atoms with Gasteiger partial charge in [0.15, 0.2) is 0 Å². The lowest BCUT2D eigenvalue weighted by molar-refractivity contribution is -0.111. The number of halogens is 1. The average Bonchev–Trinajstić information content (AvgIpc) is 2.83. The molecule has 0 saturated carbocycles. The fraction of sp³-hybridized carbons (Fsp3) is 0.357. The Labute approximate surface area is 207 Å². The molecule has 6 heteroatoms. The van der Waals surface area contributed by atoms with E-state index in [1.54, 1.807) is 6.08 Å². The number of fused-ring (bicyclic) bond motifs is 1. The van der Waals surface area contributed by atoms with Crippen molar-refractivity contribution in [1.29, 1.82) is 0 Å². The predicted molar refractivity (Wildman–Crippen MR) is 144 cm³/mol. The molecule has 1 aliphatic rings. The molecular formula is C28H33ClN4O. The van der Waals surface area contributed by atoms with Crippen LogP contribution in [0.1, 0.15) is 36.5 Å². The molecule has 178 valence electrons. The van der Waals surface area contributed by atoms with E-state index in [1.807, 2.05) is 36.4 Å². The first-order valence-corrected chi connectivity index (χ1v) is 12.3. The molecule has 1 saturated heterocycles. The van der Waals surface area contributed by atoms with E-state index in [0.29, 0.717) is 11.1 Å². The van der Waals surface area contributed by atoms with Gasteiger partial charge in [-0.25, -0.2) is 4.98 Å². The van der Waals surface area contributed by atoms with Crippen molar-refractivity contribution < 1.29 is 4.79 Å². The Hall–Kier alpha value is -2.89. The van der Waals surface area contributed by atoms with Gasteiger partial charge in [-0.2, -0.15) is 0 Å². The van der Waals surface area contributed by atoms with E-state index in [0.717, 1.165) is 65.9 Å². The first kappa shape index (κ1) is 24.2. The normalized spacial score (nSPS) is 14.9. The van der Waals surface area contributed by atoms with Crippen LogP contribution in [0.5, 0.6) is 0 Å². The van der Waals surface area contributed by atoms with Crippen molar-refractivity contribution in [2.24, 2.45) is 0 Å². The molecule has 0 spiro atoms. The summed E-state index contributed by atoms with van der Waals surface area (Å²) >= 11 is 6.33. The zero-order valence-electron chi connectivity index (χ0n) is 20.4. The fourth-order valence-corrected chi connectivity index (χ4v) is 4.77. The number of benzene rings is 2. The van der Waals surface area contributed by atoms with Crippen LogP contribution in [-0.2, 0) is 11.2 Å². The minimum absolute atomic E-state index is 0.194. The summed E-state index contributed by atoms with van der Waals surface area (Å²) in [4.78, 5) is 22.1. The number of rotatable bonds is 6. The predicted octanol–water partition coefficient (Wildman–Crippen LogP) is 5.94. The molecule has 2 aromatic carbocycles. The highest BCUT2D eigenvalue weighted by atomic mass is 35.5. The number of piperidine rings is 1. The highest BCUT2D eigenvalue weighted by Gasteiger charge is 2.22. The van der Waals surface area contributed by atoms with Crippen LogP contribution >= 0.6 is 11.6 Å². The minimum atomic E-state index is -0.194. The molecule has 1 aliphatic heterocycles. The van der Waals surface area contributed by atoms with Crippen molar-refractivity contribution in [1.82, 2.24) is 9.88 Å². The molecule has 1 fully saturated rings. The van der Waals surface area contributed by atoms with Gasteiger partial charge in [0, 0.05) is 41.3 Å². The van der Waals surface area contributed by atoms with Crippen molar-refractivity contribution in [2.75, 3.05) is 37.4 Å². The highest BCUT2D eigenvalue weighted by molar-refractivity contribution is 6.32. The second kappa shape index (κ2) is 10.6. The molecule has 4 rings (SSSR count). The maximum Gasteiger partial charge on any atom is 0.248 e. The van der Waals surface area contributed by atoms with Crippen LogP contribution in [0.2, 0.25) is 5.02 Å². The Morgan fingerprint density at radius 2 is 1.94 bits per heavy atom. The van der Waals surface area contributed by atoms with E-state index < -0.39 is 0 Å². The average molecular weight is 477 g/mol. The molecule has 5 nitrogen and oxygen atoms in total. The van der Waals surface area contributed by atoms with Crippen molar-refractivity contribution in [3.8, 4) is 0 Å². The smallest absolute Gasteiger partial charge is 0.248 e. The molecular weight excluding hydrogens is 444 g/mol. The molecule has 0 radical (unpaired) electrons. The SMILES string of the molecule is CCc1ccc(C=CC(=O)Nc2ccc3nc(N4CCC(N(C)C)CC4)cc(C)c3c2)c(Cl)c1. The molecule has 34 heavy (non-hydrogen) atoms. The van der Waals surface area contributed by atoms with Crippen molar-refractivity contribution in [3.05, 3.63) is 70.3 Å². The van der Waals surface area contributed by atoms with Crippen LogP contribution in [0.15, 0.2) is 48.5 Å². The number of hydrogen-bond donors (Lipinski definition) is 1. The number of carbonyl (C=O) groups is 1. The van der Waals surface area contributed by atoms with Gasteiger partial charge in [-0.15, -0.1) is 0 Å². The third kappa shape index (κ3) is 5.60. The summed E-state index contributed by atoms with van der Waals surface area (Å²) in [6.07, 6.45) is 6.49. The maximum atomic E-state index is 12.5. The van der Waals surface area contributed by atoms with Crippen LogP contribution in [-0.4, -0.2) is 49.0 Å². The molecule has 1 N–H and O–H groups in total. The van der Waals surface area contributed by atoms with Crippen LogP contribution < -0.4 is 10.2 Å². The van der Waals surface area contributed by atoms with E-state index >= 15 is 0 Å². The summed E-state index contributed by atoms with van der Waals surface area (Å²) in [5.41, 5.74) is 4.85. The number of anilines is 2. The first-order chi connectivity index (χ1) is 16.3. The van der Waals surface area contributed by atoms with Gasteiger partial charge >= 0.3 is 0 Å². The zero-order valence-corrected chi connectivity index (χ0v) is 21.2. The molecule has 0 aliphatic carbocycles. The largest absolute Gasteiger partial charge is 0.356 e. The van der Waals surface area contributed by atoms with Gasteiger partial charge in [-0.1, -0.05) is 30.7 Å². The first-order valence-electron chi connectivity index (χ1n) is 11.9. The van der Waals surface area contributed by atoms with E-state index in [-0.39, 0.29) is 5.91 Å². The number of pyridine rings is 1. The zero-order chi connectivity index (χ0) is 24.2. The van der Waals surface area contributed by atoms with Gasteiger partial charge < -0.3 is 15.1 Å². The molecule has 1 amide bonds. The third-order valence-electron chi connectivity index (χ3n) is 6.68. The molecule has 0 bridgehead atoms. The number of nitrogens with zero attached hydrogens (tertiary/aromatic N) is 3. The van der Waals surface area contributed by atoms with Crippen LogP contribution in [0.25, 0.3) is 17.0 Å². The number of amides is 1. The molecule has 1 aromatic heterocycles. The second-order valence-corrected chi connectivity index (χ2v) is 9.65. The summed E-state index contributed by atoms with van der Waals surface area (Å²) < 4.78 is 0. The van der Waals surface area contributed by atoms with Gasteiger partial charge in [-0.05, 0) is 93.4 Å². The Balaban J connectivity index is 1.46. The Kier molecular flexibility index (Phi) is 7.54. The van der Waals surface area contributed by atoms with Crippen molar-refractivity contribution in [2.45, 2.75) is 39.2 Å². The topological polar surface area (TPSA) is 48.5 Å².